The molecule has 3 aromatic rings. The number of nitrogens with one attached hydrogen (secondary N) is 2. The molecule has 1 aromatic heterocycles. The summed E-state index contributed by atoms with van der Waals surface area (Å²) in [5, 5.41) is 10.9. The number of H-pyrrole nitrogens is 1. The number of nitrogens with zero attached hydrogens (tertiary/aromatic N) is 1. The van der Waals surface area contributed by atoms with Gasteiger partial charge in [0, 0.05) is 17.0 Å². The second kappa shape index (κ2) is 13.1. The van der Waals surface area contributed by atoms with Crippen molar-refractivity contribution in [1.82, 2.24) is 10.2 Å². The molecule has 1 aliphatic carbocycles. The van der Waals surface area contributed by atoms with E-state index < -0.39 is 0 Å². The SMILES string of the molecule is O=C(Nc1ccc2cn[nH]c2c1)C1CC[CH-]CC1.[CH2-]c1c(C)cccc1C=O.[CH3-].[K+]. The van der Waals surface area contributed by atoms with Crippen molar-refractivity contribution in [3.8, 4) is 0 Å². The van der Waals surface area contributed by atoms with Crippen LogP contribution in [-0.2, 0) is 4.79 Å². The first-order chi connectivity index (χ1) is 13.6. The Morgan fingerprint density at radius 2 is 2.00 bits per heavy atom. The van der Waals surface area contributed by atoms with E-state index >= 15 is 0 Å². The van der Waals surface area contributed by atoms with Crippen LogP contribution >= 0.6 is 0 Å². The van der Waals surface area contributed by atoms with Gasteiger partial charge in [0.05, 0.1) is 18.0 Å². The van der Waals surface area contributed by atoms with Crippen molar-refractivity contribution in [2.45, 2.75) is 32.6 Å². The number of fused-ring (bicyclic) bond motifs is 1. The molecule has 0 radical (unpaired) electrons. The van der Waals surface area contributed by atoms with E-state index in [0.717, 1.165) is 59.7 Å². The first kappa shape index (κ1) is 26.6. The molecule has 30 heavy (non-hydrogen) atoms. The molecule has 154 valence electrons. The van der Waals surface area contributed by atoms with Gasteiger partial charge in [0.15, 0.2) is 0 Å². The van der Waals surface area contributed by atoms with E-state index in [1.807, 2.05) is 37.3 Å². The van der Waals surface area contributed by atoms with Crippen LogP contribution < -0.4 is 56.7 Å². The third-order valence-corrected chi connectivity index (χ3v) is 5.09. The van der Waals surface area contributed by atoms with E-state index in [0.29, 0.717) is 5.56 Å². The number of carbonyl (C=O) groups excluding carboxylic acids is 2. The molecule has 0 unspecified atom stereocenters. The monoisotopic (exact) mass is 429 g/mol. The Labute approximate surface area is 221 Å². The number of carbonyl (C=O) groups is 2. The van der Waals surface area contributed by atoms with Gasteiger partial charge in [-0.2, -0.15) is 36.0 Å². The van der Waals surface area contributed by atoms with Crippen LogP contribution in [0.2, 0.25) is 0 Å². The summed E-state index contributed by atoms with van der Waals surface area (Å²) >= 11 is 0. The fourth-order valence-electron chi connectivity index (χ4n) is 3.28. The average Bonchev–Trinajstić information content (AvgIpc) is 3.19. The molecule has 0 bridgehead atoms. The predicted molar refractivity (Wildman–Crippen MR) is 118 cm³/mol. The molecule has 1 saturated carbocycles. The number of amides is 1. The van der Waals surface area contributed by atoms with Crippen LogP contribution in [-0.4, -0.2) is 22.4 Å². The molecule has 2 aromatic carbocycles. The maximum atomic E-state index is 12.1. The maximum Gasteiger partial charge on any atom is 1.00 e. The first-order valence-electron chi connectivity index (χ1n) is 9.51. The molecule has 1 fully saturated rings. The number of aromatic nitrogens is 2. The minimum atomic E-state index is 0. The van der Waals surface area contributed by atoms with Gasteiger partial charge in [-0.25, -0.2) is 0 Å². The van der Waals surface area contributed by atoms with Crippen LogP contribution in [0.25, 0.3) is 10.9 Å². The van der Waals surface area contributed by atoms with Crippen molar-refractivity contribution in [2.75, 3.05) is 5.32 Å². The Morgan fingerprint density at radius 3 is 2.67 bits per heavy atom. The van der Waals surface area contributed by atoms with Crippen molar-refractivity contribution in [3.05, 3.63) is 80.1 Å². The summed E-state index contributed by atoms with van der Waals surface area (Å²) in [6, 6.07) is 11.4. The van der Waals surface area contributed by atoms with E-state index in [4.69, 9.17) is 0 Å². The number of aldehydes is 1. The van der Waals surface area contributed by atoms with E-state index in [9.17, 15) is 9.59 Å². The molecule has 5 nitrogen and oxygen atoms in total. The quantitative estimate of drug-likeness (QED) is 0.381. The number of rotatable bonds is 3. The van der Waals surface area contributed by atoms with Gasteiger partial charge in [-0.3, -0.25) is 9.89 Å². The molecular weight excluding hydrogens is 401 g/mol. The van der Waals surface area contributed by atoms with Gasteiger partial charge in [-0.1, -0.05) is 31.4 Å². The molecule has 1 aliphatic rings. The van der Waals surface area contributed by atoms with Gasteiger partial charge in [-0.15, -0.1) is 12.1 Å². The van der Waals surface area contributed by atoms with Crippen LogP contribution in [0.15, 0.2) is 42.6 Å². The second-order valence-electron chi connectivity index (χ2n) is 7.06. The van der Waals surface area contributed by atoms with Gasteiger partial charge < -0.3 is 24.0 Å². The molecule has 0 spiro atoms. The van der Waals surface area contributed by atoms with Gasteiger partial charge in [0.2, 0.25) is 5.91 Å². The molecular formula is C24H28KN3O2-2. The van der Waals surface area contributed by atoms with Crippen LogP contribution in [0.4, 0.5) is 5.69 Å². The van der Waals surface area contributed by atoms with Crippen LogP contribution in [0, 0.1) is 33.6 Å². The van der Waals surface area contributed by atoms with Gasteiger partial charge in [0.1, 0.15) is 0 Å². The van der Waals surface area contributed by atoms with Crippen molar-refractivity contribution in [1.29, 1.82) is 0 Å². The van der Waals surface area contributed by atoms with E-state index in [2.05, 4.69) is 28.9 Å². The fourth-order valence-corrected chi connectivity index (χ4v) is 3.28. The zero-order valence-corrected chi connectivity index (χ0v) is 21.2. The summed E-state index contributed by atoms with van der Waals surface area (Å²) in [5.41, 5.74) is 4.36. The van der Waals surface area contributed by atoms with Crippen LogP contribution in [0.1, 0.15) is 47.2 Å². The van der Waals surface area contributed by atoms with Crippen LogP contribution in [0.5, 0.6) is 0 Å². The molecule has 4 rings (SSSR count). The zero-order chi connectivity index (χ0) is 19.9. The van der Waals surface area contributed by atoms with Gasteiger partial charge in [0.25, 0.3) is 0 Å². The topological polar surface area (TPSA) is 74.8 Å². The van der Waals surface area contributed by atoms with Crippen LogP contribution in [0.3, 0.4) is 0 Å². The Bertz CT molecular complexity index is 962. The smallest absolute Gasteiger partial charge is 0.358 e. The van der Waals surface area contributed by atoms with E-state index in [-0.39, 0.29) is 70.6 Å². The number of aromatic amines is 1. The maximum absolute atomic E-state index is 12.1. The van der Waals surface area contributed by atoms with Gasteiger partial charge in [-0.05, 0) is 18.2 Å². The Morgan fingerprint density at radius 1 is 1.27 bits per heavy atom. The summed E-state index contributed by atoms with van der Waals surface area (Å²) in [4.78, 5) is 22.4. The average molecular weight is 430 g/mol. The number of benzene rings is 2. The van der Waals surface area contributed by atoms with Crippen molar-refractivity contribution in [3.63, 3.8) is 0 Å². The number of hydrogen-bond acceptors (Lipinski definition) is 3. The minimum Gasteiger partial charge on any atom is -0.358 e. The largest absolute Gasteiger partial charge is 1.00 e. The fraction of sp³-hybridized carbons (Fsp3) is 0.250. The molecule has 6 heteroatoms. The molecule has 0 saturated heterocycles. The predicted octanol–water partition coefficient (Wildman–Crippen LogP) is 2.34. The second-order valence-corrected chi connectivity index (χ2v) is 7.06. The first-order valence-corrected chi connectivity index (χ1v) is 9.51. The van der Waals surface area contributed by atoms with E-state index in [1.165, 1.54) is 0 Å². The summed E-state index contributed by atoms with van der Waals surface area (Å²) in [7, 11) is 0. The molecule has 2 N–H and O–H groups in total. The standard InChI is InChI=1S/C14H16N3O.C9H9O.CH3.K/c18-14(10-4-2-1-3-5-10)16-12-7-6-11-9-15-17-13(11)8-12;1-7-4-3-5-9(6-10)8(7)2;;/h1,6-10H,2-5H2,(H,15,17)(H,16,18);3-6H,2H2,1H3;1H3;/q3*-1;+1. The van der Waals surface area contributed by atoms with E-state index in [1.54, 1.807) is 12.3 Å². The zero-order valence-electron chi connectivity index (χ0n) is 18.1. The van der Waals surface area contributed by atoms with Gasteiger partial charge >= 0.3 is 51.4 Å². The summed E-state index contributed by atoms with van der Waals surface area (Å²) in [5.74, 6) is 0.300. The molecule has 1 amide bonds. The number of aryl methyl sites for hydroxylation is 1. The number of anilines is 1. The van der Waals surface area contributed by atoms with Crippen molar-refractivity contribution >= 4 is 28.8 Å². The third kappa shape index (κ3) is 7.06. The van der Waals surface area contributed by atoms with Crippen molar-refractivity contribution < 1.29 is 61.0 Å². The Hall–Kier alpha value is -1.44. The Balaban J connectivity index is 0.000000325. The Kier molecular flexibility index (Phi) is 11.6. The molecule has 1 heterocycles. The molecule has 0 aliphatic heterocycles. The summed E-state index contributed by atoms with van der Waals surface area (Å²) in [6.07, 6.45) is 8.92. The summed E-state index contributed by atoms with van der Waals surface area (Å²) in [6.45, 7) is 5.70. The number of hydrogen-bond donors (Lipinski definition) is 2. The summed E-state index contributed by atoms with van der Waals surface area (Å²) < 4.78 is 0. The molecule has 0 atom stereocenters. The normalized spacial score (nSPS) is 13.2. The third-order valence-electron chi connectivity index (χ3n) is 5.09. The minimum absolute atomic E-state index is 0. The van der Waals surface area contributed by atoms with Crippen molar-refractivity contribution in [2.24, 2.45) is 5.92 Å².